The third kappa shape index (κ3) is 5.55. The summed E-state index contributed by atoms with van der Waals surface area (Å²) in [6.07, 6.45) is 5.64. The van der Waals surface area contributed by atoms with Gasteiger partial charge in [-0.15, -0.1) is 0 Å². The SMILES string of the molecule is CCCCCC=C(C)C(O)P(=O)(O)O. The largest absolute Gasteiger partial charge is 0.376 e. The van der Waals surface area contributed by atoms with E-state index < -0.39 is 13.4 Å². The maximum absolute atomic E-state index is 10.7. The third-order valence-electron chi connectivity index (χ3n) is 2.00. The molecule has 0 aromatic heterocycles. The predicted octanol–water partition coefficient (Wildman–Crippen LogP) is 2.01. The van der Waals surface area contributed by atoms with Gasteiger partial charge >= 0.3 is 7.60 Å². The van der Waals surface area contributed by atoms with Gasteiger partial charge in [-0.3, -0.25) is 4.57 Å². The highest BCUT2D eigenvalue weighted by Crippen LogP contribution is 2.42. The van der Waals surface area contributed by atoms with Crippen molar-refractivity contribution in [1.29, 1.82) is 0 Å². The minimum absolute atomic E-state index is 0.356. The van der Waals surface area contributed by atoms with Gasteiger partial charge in [0.25, 0.3) is 0 Å². The minimum Gasteiger partial charge on any atom is -0.376 e. The van der Waals surface area contributed by atoms with Gasteiger partial charge < -0.3 is 14.9 Å². The smallest absolute Gasteiger partial charge is 0.357 e. The first-order valence-electron chi connectivity index (χ1n) is 4.79. The summed E-state index contributed by atoms with van der Waals surface area (Å²) in [5.41, 5.74) is 0.356. The number of hydrogen-bond donors (Lipinski definition) is 3. The molecule has 0 aromatic rings. The molecule has 1 atom stereocenters. The molecule has 0 spiro atoms. The molecule has 0 aliphatic carbocycles. The minimum atomic E-state index is -4.38. The van der Waals surface area contributed by atoms with Crippen LogP contribution in [0.5, 0.6) is 0 Å². The van der Waals surface area contributed by atoms with E-state index in [2.05, 4.69) is 6.92 Å². The van der Waals surface area contributed by atoms with Crippen LogP contribution < -0.4 is 0 Å². The second kappa shape index (κ2) is 6.36. The maximum Gasteiger partial charge on any atom is 0.357 e. The molecule has 0 aromatic carbocycles. The fourth-order valence-electron chi connectivity index (χ4n) is 1.09. The molecule has 0 saturated carbocycles. The molecule has 0 aliphatic rings. The van der Waals surface area contributed by atoms with Gasteiger partial charge in [0.1, 0.15) is 0 Å². The Kier molecular flexibility index (Phi) is 6.29. The van der Waals surface area contributed by atoms with E-state index in [0.29, 0.717) is 5.57 Å². The van der Waals surface area contributed by atoms with Crippen LogP contribution in [0, 0.1) is 0 Å². The average molecular weight is 222 g/mol. The molecular formula is C9H19O4P. The highest BCUT2D eigenvalue weighted by atomic mass is 31.2. The lowest BCUT2D eigenvalue weighted by Gasteiger charge is -2.12. The van der Waals surface area contributed by atoms with Crippen molar-refractivity contribution in [2.45, 2.75) is 45.4 Å². The van der Waals surface area contributed by atoms with E-state index >= 15 is 0 Å². The van der Waals surface area contributed by atoms with Crippen LogP contribution in [0.3, 0.4) is 0 Å². The Morgan fingerprint density at radius 2 is 2.00 bits per heavy atom. The van der Waals surface area contributed by atoms with E-state index in [9.17, 15) is 9.67 Å². The summed E-state index contributed by atoms with van der Waals surface area (Å²) in [5.74, 6) is -1.64. The molecule has 0 saturated heterocycles. The molecule has 0 heterocycles. The Morgan fingerprint density at radius 3 is 2.43 bits per heavy atom. The molecule has 0 rings (SSSR count). The molecule has 4 nitrogen and oxygen atoms in total. The van der Waals surface area contributed by atoms with Gasteiger partial charge in [-0.25, -0.2) is 0 Å². The molecule has 84 valence electrons. The van der Waals surface area contributed by atoms with Crippen LogP contribution >= 0.6 is 7.60 Å². The highest BCUT2D eigenvalue weighted by Gasteiger charge is 2.27. The molecule has 0 radical (unpaired) electrons. The Labute approximate surface area is 84.8 Å². The fraction of sp³-hybridized carbons (Fsp3) is 0.778. The van der Waals surface area contributed by atoms with Crippen molar-refractivity contribution in [3.8, 4) is 0 Å². The first kappa shape index (κ1) is 13.8. The topological polar surface area (TPSA) is 77.8 Å². The van der Waals surface area contributed by atoms with Gasteiger partial charge in [-0.2, -0.15) is 0 Å². The number of aliphatic hydroxyl groups excluding tert-OH is 1. The lowest BCUT2D eigenvalue weighted by Crippen LogP contribution is -2.08. The Hall–Kier alpha value is -0.150. The highest BCUT2D eigenvalue weighted by molar-refractivity contribution is 7.52. The van der Waals surface area contributed by atoms with Gasteiger partial charge in [-0.1, -0.05) is 25.8 Å². The summed E-state index contributed by atoms with van der Waals surface area (Å²) < 4.78 is 10.7. The number of aliphatic hydroxyl groups is 1. The molecular weight excluding hydrogens is 203 g/mol. The molecule has 14 heavy (non-hydrogen) atoms. The van der Waals surface area contributed by atoms with E-state index in [1.165, 1.54) is 6.92 Å². The Morgan fingerprint density at radius 1 is 1.43 bits per heavy atom. The Bertz CT molecular complexity index is 231. The van der Waals surface area contributed by atoms with Crippen LogP contribution in [-0.2, 0) is 4.57 Å². The van der Waals surface area contributed by atoms with Crippen LogP contribution in [0.15, 0.2) is 11.6 Å². The quantitative estimate of drug-likeness (QED) is 0.365. The molecule has 0 amide bonds. The van der Waals surface area contributed by atoms with Gasteiger partial charge in [0, 0.05) is 0 Å². The van der Waals surface area contributed by atoms with Crippen molar-refractivity contribution in [3.63, 3.8) is 0 Å². The summed E-state index contributed by atoms with van der Waals surface area (Å²) in [6.45, 7) is 3.62. The van der Waals surface area contributed by atoms with E-state index in [4.69, 9.17) is 9.79 Å². The lowest BCUT2D eigenvalue weighted by atomic mass is 10.1. The van der Waals surface area contributed by atoms with Crippen molar-refractivity contribution in [3.05, 3.63) is 11.6 Å². The second-order valence-corrected chi connectivity index (χ2v) is 5.07. The van der Waals surface area contributed by atoms with Crippen molar-refractivity contribution in [1.82, 2.24) is 0 Å². The number of unbranched alkanes of at least 4 members (excludes halogenated alkanes) is 3. The van der Waals surface area contributed by atoms with Gasteiger partial charge in [-0.05, 0) is 25.3 Å². The normalized spacial score (nSPS) is 15.6. The maximum atomic E-state index is 10.7. The molecule has 5 heteroatoms. The first-order chi connectivity index (χ1) is 6.39. The van der Waals surface area contributed by atoms with Gasteiger partial charge in [0.2, 0.25) is 0 Å². The number of allylic oxidation sites excluding steroid dienone is 1. The van der Waals surface area contributed by atoms with Crippen LogP contribution in [0.25, 0.3) is 0 Å². The monoisotopic (exact) mass is 222 g/mol. The summed E-state index contributed by atoms with van der Waals surface area (Å²) in [7, 11) is -4.38. The zero-order chi connectivity index (χ0) is 11.2. The summed E-state index contributed by atoms with van der Waals surface area (Å²) in [6, 6.07) is 0. The molecule has 0 bridgehead atoms. The van der Waals surface area contributed by atoms with Gasteiger partial charge in [0.05, 0.1) is 0 Å². The second-order valence-electron chi connectivity index (χ2n) is 3.41. The van der Waals surface area contributed by atoms with E-state index in [1.54, 1.807) is 6.08 Å². The van der Waals surface area contributed by atoms with Crippen LogP contribution in [0.1, 0.15) is 39.5 Å². The van der Waals surface area contributed by atoms with Crippen molar-refractivity contribution >= 4 is 7.60 Å². The fourth-order valence-corrected chi connectivity index (χ4v) is 1.73. The van der Waals surface area contributed by atoms with Crippen molar-refractivity contribution in [2.75, 3.05) is 0 Å². The zero-order valence-electron chi connectivity index (χ0n) is 8.68. The molecule has 1 unspecified atom stereocenters. The Balaban J connectivity index is 4.05. The predicted molar refractivity (Wildman–Crippen MR) is 55.9 cm³/mol. The summed E-state index contributed by atoms with van der Waals surface area (Å²) in [4.78, 5) is 17.4. The zero-order valence-corrected chi connectivity index (χ0v) is 9.57. The van der Waals surface area contributed by atoms with Crippen molar-refractivity contribution < 1.29 is 19.5 Å². The van der Waals surface area contributed by atoms with E-state index in [0.717, 1.165) is 25.7 Å². The van der Waals surface area contributed by atoms with Crippen LogP contribution in [0.4, 0.5) is 0 Å². The summed E-state index contributed by atoms with van der Waals surface area (Å²) in [5, 5.41) is 9.18. The lowest BCUT2D eigenvalue weighted by molar-refractivity contribution is 0.229. The molecule has 3 N–H and O–H groups in total. The third-order valence-corrected chi connectivity index (χ3v) is 3.04. The number of rotatable bonds is 6. The van der Waals surface area contributed by atoms with Gasteiger partial charge in [0.15, 0.2) is 5.85 Å². The summed E-state index contributed by atoms with van der Waals surface area (Å²) >= 11 is 0. The average Bonchev–Trinajstić information content (AvgIpc) is 2.09. The van der Waals surface area contributed by atoms with E-state index in [-0.39, 0.29) is 0 Å². The molecule has 0 fully saturated rings. The van der Waals surface area contributed by atoms with E-state index in [1.807, 2.05) is 0 Å². The number of hydrogen-bond acceptors (Lipinski definition) is 2. The van der Waals surface area contributed by atoms with Crippen LogP contribution in [0.2, 0.25) is 0 Å². The standard InChI is InChI=1S/C9H19O4P/c1-3-4-5-6-7-8(2)9(10)14(11,12)13/h7,9-10H,3-6H2,1-2H3,(H2,11,12,13). The first-order valence-corrected chi connectivity index (χ1v) is 6.47. The van der Waals surface area contributed by atoms with Crippen molar-refractivity contribution in [2.24, 2.45) is 0 Å². The molecule has 0 aliphatic heterocycles. The van der Waals surface area contributed by atoms with Crippen LogP contribution in [-0.4, -0.2) is 20.7 Å².